The Hall–Kier alpha value is -3.42. The third-order valence-electron chi connectivity index (χ3n) is 5.70. The van der Waals surface area contributed by atoms with Crippen molar-refractivity contribution in [3.05, 3.63) is 48.2 Å². The lowest BCUT2D eigenvalue weighted by molar-refractivity contribution is -0.127. The van der Waals surface area contributed by atoms with E-state index in [4.69, 9.17) is 0 Å². The summed E-state index contributed by atoms with van der Waals surface area (Å²) < 4.78 is 1.98. The molecular weight excluding hydrogens is 404 g/mol. The Bertz CT molecular complexity index is 1080. The van der Waals surface area contributed by atoms with Crippen LogP contribution in [0.5, 0.6) is 0 Å². The second kappa shape index (κ2) is 10.3. The van der Waals surface area contributed by atoms with Crippen LogP contribution in [0, 0.1) is 0 Å². The zero-order chi connectivity index (χ0) is 22.3. The summed E-state index contributed by atoms with van der Waals surface area (Å²) in [4.78, 5) is 25.8. The molecule has 32 heavy (non-hydrogen) atoms. The van der Waals surface area contributed by atoms with Crippen LogP contribution in [0.25, 0.3) is 16.7 Å². The summed E-state index contributed by atoms with van der Waals surface area (Å²) in [5, 5.41) is 16.0. The van der Waals surface area contributed by atoms with Crippen molar-refractivity contribution in [1.82, 2.24) is 25.0 Å². The number of benzene rings is 1. The van der Waals surface area contributed by atoms with Gasteiger partial charge in [-0.15, -0.1) is 10.2 Å². The Morgan fingerprint density at radius 2 is 2.00 bits per heavy atom. The summed E-state index contributed by atoms with van der Waals surface area (Å²) >= 11 is 0. The zero-order valence-electron chi connectivity index (χ0n) is 18.5. The van der Waals surface area contributed by atoms with Crippen molar-refractivity contribution in [3.63, 3.8) is 0 Å². The number of hydrogen-bond acceptors (Lipinski definition) is 5. The standard InChI is InChI=1S/C24H30N6O2/c1-2-12-26-23(31)16-18-17-30(20-8-4-3-7-19(18)20)22-11-10-21(27-28-22)25-13-6-15-29-14-5-9-24(29)32/h3-4,7-8,10-11,17H,2,5-6,9,12-16H2,1H3,(H,25,27)(H,26,31). The van der Waals surface area contributed by atoms with Gasteiger partial charge < -0.3 is 15.5 Å². The van der Waals surface area contributed by atoms with E-state index < -0.39 is 0 Å². The third kappa shape index (κ3) is 5.07. The molecule has 0 spiro atoms. The van der Waals surface area contributed by atoms with Gasteiger partial charge in [0.15, 0.2) is 5.82 Å². The Morgan fingerprint density at radius 1 is 1.12 bits per heavy atom. The lowest BCUT2D eigenvalue weighted by Crippen LogP contribution is -2.27. The highest BCUT2D eigenvalue weighted by Gasteiger charge is 2.19. The van der Waals surface area contributed by atoms with Crippen molar-refractivity contribution in [2.24, 2.45) is 0 Å². The minimum Gasteiger partial charge on any atom is -0.369 e. The summed E-state index contributed by atoms with van der Waals surface area (Å²) in [6.45, 7) is 5.12. The smallest absolute Gasteiger partial charge is 0.224 e. The fraction of sp³-hybridized carbons (Fsp3) is 0.417. The van der Waals surface area contributed by atoms with Crippen LogP contribution in [-0.4, -0.2) is 57.7 Å². The summed E-state index contributed by atoms with van der Waals surface area (Å²) in [6, 6.07) is 11.8. The predicted octanol–water partition coefficient (Wildman–Crippen LogP) is 2.91. The van der Waals surface area contributed by atoms with Crippen molar-refractivity contribution >= 4 is 28.5 Å². The van der Waals surface area contributed by atoms with Crippen LogP contribution in [0.4, 0.5) is 5.82 Å². The quantitative estimate of drug-likeness (QED) is 0.479. The molecule has 3 aromatic rings. The van der Waals surface area contributed by atoms with E-state index in [0.29, 0.717) is 31.0 Å². The van der Waals surface area contributed by atoms with E-state index in [1.54, 1.807) is 0 Å². The first kappa shape index (κ1) is 21.8. The lowest BCUT2D eigenvalue weighted by Gasteiger charge is -2.15. The molecule has 1 fully saturated rings. The first-order chi connectivity index (χ1) is 15.7. The maximum absolute atomic E-state index is 12.3. The number of carbonyl (C=O) groups is 2. The molecule has 0 unspecified atom stereocenters. The maximum atomic E-state index is 12.3. The molecule has 2 N–H and O–H groups in total. The van der Waals surface area contributed by atoms with Gasteiger partial charge in [0, 0.05) is 44.2 Å². The number of aromatic nitrogens is 3. The fourth-order valence-corrected chi connectivity index (χ4v) is 4.06. The minimum atomic E-state index is 0.0241. The lowest BCUT2D eigenvalue weighted by atomic mass is 10.1. The molecule has 2 amide bonds. The third-order valence-corrected chi connectivity index (χ3v) is 5.70. The molecule has 1 saturated heterocycles. The van der Waals surface area contributed by atoms with Crippen molar-refractivity contribution in [1.29, 1.82) is 0 Å². The zero-order valence-corrected chi connectivity index (χ0v) is 18.5. The molecule has 0 radical (unpaired) electrons. The van der Waals surface area contributed by atoms with Gasteiger partial charge in [-0.25, -0.2) is 0 Å². The number of carbonyl (C=O) groups excluding carboxylic acids is 2. The van der Waals surface area contributed by atoms with Gasteiger partial charge in [-0.2, -0.15) is 0 Å². The molecule has 1 aliphatic rings. The van der Waals surface area contributed by atoms with Gasteiger partial charge >= 0.3 is 0 Å². The molecule has 4 rings (SSSR count). The summed E-state index contributed by atoms with van der Waals surface area (Å²) in [5.74, 6) is 1.69. The van der Waals surface area contributed by atoms with Gasteiger partial charge in [0.05, 0.1) is 11.9 Å². The largest absolute Gasteiger partial charge is 0.369 e. The number of rotatable bonds is 10. The summed E-state index contributed by atoms with van der Waals surface area (Å²) in [7, 11) is 0. The monoisotopic (exact) mass is 434 g/mol. The molecule has 1 aromatic carbocycles. The molecule has 3 heterocycles. The average molecular weight is 435 g/mol. The van der Waals surface area contributed by atoms with Crippen LogP contribution in [0.15, 0.2) is 42.6 Å². The first-order valence-electron chi connectivity index (χ1n) is 11.4. The molecule has 1 aliphatic heterocycles. The molecule has 8 heteroatoms. The normalized spacial score (nSPS) is 13.7. The van der Waals surface area contributed by atoms with Crippen LogP contribution in [0.1, 0.15) is 38.2 Å². The van der Waals surface area contributed by atoms with Gasteiger partial charge in [-0.3, -0.25) is 14.2 Å². The highest BCUT2D eigenvalue weighted by molar-refractivity contribution is 5.90. The Kier molecular flexibility index (Phi) is 6.99. The van der Waals surface area contributed by atoms with Crippen molar-refractivity contribution < 1.29 is 9.59 Å². The highest BCUT2D eigenvalue weighted by Crippen LogP contribution is 2.24. The first-order valence-corrected chi connectivity index (χ1v) is 11.4. The van der Waals surface area contributed by atoms with Crippen molar-refractivity contribution in [2.45, 2.75) is 39.0 Å². The summed E-state index contributed by atoms with van der Waals surface area (Å²) in [6.07, 6.45) is 5.75. The average Bonchev–Trinajstić information content (AvgIpc) is 3.39. The molecular formula is C24H30N6O2. The van der Waals surface area contributed by atoms with E-state index in [1.807, 2.05) is 59.0 Å². The highest BCUT2D eigenvalue weighted by atomic mass is 16.2. The Morgan fingerprint density at radius 3 is 2.75 bits per heavy atom. The minimum absolute atomic E-state index is 0.0241. The van der Waals surface area contributed by atoms with E-state index in [0.717, 1.165) is 55.4 Å². The van der Waals surface area contributed by atoms with Crippen LogP contribution >= 0.6 is 0 Å². The molecule has 168 valence electrons. The second-order valence-corrected chi connectivity index (χ2v) is 8.11. The Labute approximate surface area is 188 Å². The molecule has 2 aromatic heterocycles. The molecule has 0 atom stereocenters. The van der Waals surface area contributed by atoms with E-state index in [9.17, 15) is 9.59 Å². The van der Waals surface area contributed by atoms with Crippen LogP contribution in [-0.2, 0) is 16.0 Å². The van der Waals surface area contributed by atoms with E-state index >= 15 is 0 Å². The fourth-order valence-electron chi connectivity index (χ4n) is 4.06. The maximum Gasteiger partial charge on any atom is 0.224 e. The van der Waals surface area contributed by atoms with Gasteiger partial charge in [-0.1, -0.05) is 25.1 Å². The van der Waals surface area contributed by atoms with Crippen LogP contribution in [0.2, 0.25) is 0 Å². The number of fused-ring (bicyclic) bond motifs is 1. The SMILES string of the molecule is CCCNC(=O)Cc1cn(-c2ccc(NCCCN3CCCC3=O)nn2)c2ccccc12. The second-order valence-electron chi connectivity index (χ2n) is 8.11. The van der Waals surface area contributed by atoms with Crippen LogP contribution < -0.4 is 10.6 Å². The summed E-state index contributed by atoms with van der Waals surface area (Å²) in [5.41, 5.74) is 1.96. The number of nitrogens with one attached hydrogen (secondary N) is 2. The Balaban J connectivity index is 1.41. The molecule has 0 saturated carbocycles. The molecule has 8 nitrogen and oxygen atoms in total. The predicted molar refractivity (Wildman–Crippen MR) is 125 cm³/mol. The van der Waals surface area contributed by atoms with Gasteiger partial charge in [-0.05, 0) is 43.0 Å². The van der Waals surface area contributed by atoms with Gasteiger partial charge in [0.2, 0.25) is 11.8 Å². The molecule has 0 aliphatic carbocycles. The molecule has 0 bridgehead atoms. The van der Waals surface area contributed by atoms with E-state index in [-0.39, 0.29) is 11.8 Å². The van der Waals surface area contributed by atoms with Crippen LogP contribution in [0.3, 0.4) is 0 Å². The topological polar surface area (TPSA) is 92.2 Å². The van der Waals surface area contributed by atoms with E-state index in [2.05, 4.69) is 20.8 Å². The number of hydrogen-bond donors (Lipinski definition) is 2. The van der Waals surface area contributed by atoms with Gasteiger partial charge in [0.25, 0.3) is 0 Å². The van der Waals surface area contributed by atoms with Gasteiger partial charge in [0.1, 0.15) is 5.82 Å². The number of nitrogens with zero attached hydrogens (tertiary/aromatic N) is 4. The van der Waals surface area contributed by atoms with Crippen molar-refractivity contribution in [2.75, 3.05) is 31.5 Å². The van der Waals surface area contributed by atoms with Crippen molar-refractivity contribution in [3.8, 4) is 5.82 Å². The number of anilines is 1. The number of amides is 2. The number of likely N-dealkylation sites (tertiary alicyclic amines) is 1. The van der Waals surface area contributed by atoms with E-state index in [1.165, 1.54) is 0 Å². The number of para-hydroxylation sites is 1.